The van der Waals surface area contributed by atoms with E-state index in [-0.39, 0.29) is 29.6 Å². The van der Waals surface area contributed by atoms with Gasteiger partial charge >= 0.3 is 0 Å². The van der Waals surface area contributed by atoms with Crippen LogP contribution in [-0.4, -0.2) is 32.6 Å². The molecule has 0 spiro atoms. The zero-order valence-electron chi connectivity index (χ0n) is 17.4. The summed E-state index contributed by atoms with van der Waals surface area (Å²) in [4.78, 5) is 39.4. The number of nitrogens with one attached hydrogen (secondary N) is 1. The second-order valence-corrected chi connectivity index (χ2v) is 8.45. The molecule has 158 valence electrons. The van der Waals surface area contributed by atoms with Gasteiger partial charge in [-0.1, -0.05) is 43.3 Å². The van der Waals surface area contributed by atoms with Gasteiger partial charge in [0.25, 0.3) is 11.1 Å². The van der Waals surface area contributed by atoms with Gasteiger partial charge in [-0.2, -0.15) is 0 Å². The van der Waals surface area contributed by atoms with Crippen LogP contribution in [0.2, 0.25) is 0 Å². The van der Waals surface area contributed by atoms with Crippen LogP contribution >= 0.6 is 11.8 Å². The van der Waals surface area contributed by atoms with Crippen LogP contribution in [0.25, 0.3) is 17.0 Å². The number of nitrogens with zero attached hydrogens (tertiary/aromatic N) is 2. The lowest BCUT2D eigenvalue weighted by Crippen LogP contribution is -2.36. The van der Waals surface area contributed by atoms with E-state index in [4.69, 9.17) is 0 Å². The fraction of sp³-hybridized carbons (Fsp3) is 0.208. The first-order valence-corrected chi connectivity index (χ1v) is 11.0. The molecule has 1 aliphatic rings. The number of fused-ring (bicyclic) bond motifs is 1. The molecule has 1 fully saturated rings. The molecular formula is C24H23N3O3S. The minimum absolute atomic E-state index is 0.137. The monoisotopic (exact) mass is 433 g/mol. The van der Waals surface area contributed by atoms with Gasteiger partial charge in [-0.05, 0) is 49.4 Å². The smallest absolute Gasteiger partial charge is 0.293 e. The molecule has 1 saturated heterocycles. The summed E-state index contributed by atoms with van der Waals surface area (Å²) in [5.74, 6) is -0.404. The molecular weight excluding hydrogens is 410 g/mol. The van der Waals surface area contributed by atoms with E-state index in [9.17, 15) is 14.4 Å². The van der Waals surface area contributed by atoms with Crippen LogP contribution in [0.1, 0.15) is 25.8 Å². The fourth-order valence-electron chi connectivity index (χ4n) is 3.58. The number of aromatic nitrogens is 1. The lowest BCUT2D eigenvalue weighted by molar-refractivity contribution is -0.124. The van der Waals surface area contributed by atoms with Gasteiger partial charge in [-0.15, -0.1) is 0 Å². The number of hydrogen-bond acceptors (Lipinski definition) is 4. The Balaban J connectivity index is 1.63. The molecule has 1 aliphatic heterocycles. The van der Waals surface area contributed by atoms with E-state index in [1.54, 1.807) is 6.08 Å². The van der Waals surface area contributed by atoms with Crippen LogP contribution in [0.15, 0.2) is 65.7 Å². The summed E-state index contributed by atoms with van der Waals surface area (Å²) < 4.78 is 1.86. The standard InChI is InChI=1S/C24H23N3O3S/c1-3-16(2)27-23(29)21(31-24(27)30)13-17-14-26(20-12-8-7-11-19(17)20)15-22(28)25-18-9-5-4-6-10-18/h4-14,16H,3,15H2,1-2H3,(H,25,28)/b21-13+. The zero-order valence-corrected chi connectivity index (χ0v) is 18.2. The number of anilines is 1. The van der Waals surface area contributed by atoms with Crippen molar-refractivity contribution in [2.45, 2.75) is 32.9 Å². The number of thioether (sulfide) groups is 1. The van der Waals surface area contributed by atoms with E-state index in [0.717, 1.165) is 33.9 Å². The number of amides is 3. The molecule has 1 unspecified atom stereocenters. The van der Waals surface area contributed by atoms with E-state index in [0.29, 0.717) is 11.3 Å². The molecule has 0 bridgehead atoms. The first-order chi connectivity index (χ1) is 15.0. The Hall–Kier alpha value is -3.32. The van der Waals surface area contributed by atoms with Crippen LogP contribution in [0.4, 0.5) is 10.5 Å². The van der Waals surface area contributed by atoms with Crippen LogP contribution < -0.4 is 5.32 Å². The Morgan fingerprint density at radius 2 is 1.81 bits per heavy atom. The summed E-state index contributed by atoms with van der Waals surface area (Å²) >= 11 is 0.964. The molecule has 1 atom stereocenters. The van der Waals surface area contributed by atoms with Crippen molar-refractivity contribution in [1.82, 2.24) is 9.47 Å². The highest BCUT2D eigenvalue weighted by Crippen LogP contribution is 2.35. The van der Waals surface area contributed by atoms with Crippen molar-refractivity contribution in [3.63, 3.8) is 0 Å². The average molecular weight is 434 g/mol. The molecule has 2 aromatic carbocycles. The largest absolute Gasteiger partial charge is 0.337 e. The van der Waals surface area contributed by atoms with Crippen molar-refractivity contribution in [2.75, 3.05) is 5.32 Å². The third-order valence-electron chi connectivity index (χ3n) is 5.33. The number of para-hydroxylation sites is 2. The quantitative estimate of drug-likeness (QED) is 0.548. The van der Waals surface area contributed by atoms with Gasteiger partial charge in [-0.25, -0.2) is 0 Å². The minimum atomic E-state index is -0.261. The van der Waals surface area contributed by atoms with Crippen LogP contribution in [0.3, 0.4) is 0 Å². The highest BCUT2D eigenvalue weighted by atomic mass is 32.2. The topological polar surface area (TPSA) is 71.4 Å². The van der Waals surface area contributed by atoms with Gasteiger partial charge < -0.3 is 9.88 Å². The minimum Gasteiger partial charge on any atom is -0.337 e. The summed E-state index contributed by atoms with van der Waals surface area (Å²) in [6, 6.07) is 16.9. The van der Waals surface area contributed by atoms with Crippen molar-refractivity contribution >= 4 is 51.5 Å². The first kappa shape index (κ1) is 20.9. The normalized spacial score (nSPS) is 16.3. The van der Waals surface area contributed by atoms with E-state index in [2.05, 4.69) is 5.32 Å². The summed E-state index contributed by atoms with van der Waals surface area (Å²) in [7, 11) is 0. The molecule has 31 heavy (non-hydrogen) atoms. The third-order valence-corrected chi connectivity index (χ3v) is 6.22. The molecule has 0 aliphatic carbocycles. The number of carbonyl (C=O) groups excluding carboxylic acids is 3. The van der Waals surface area contributed by atoms with E-state index < -0.39 is 0 Å². The maximum atomic E-state index is 12.8. The highest BCUT2D eigenvalue weighted by molar-refractivity contribution is 8.18. The predicted octanol–water partition coefficient (Wildman–Crippen LogP) is 5.11. The fourth-order valence-corrected chi connectivity index (χ4v) is 4.50. The summed E-state index contributed by atoms with van der Waals surface area (Å²) in [6.45, 7) is 3.96. The molecule has 1 N–H and O–H groups in total. The molecule has 3 aromatic rings. The number of benzene rings is 2. The molecule has 0 radical (unpaired) electrons. The molecule has 1 aromatic heterocycles. The van der Waals surface area contributed by atoms with Gasteiger partial charge in [0.1, 0.15) is 6.54 Å². The van der Waals surface area contributed by atoms with Gasteiger partial charge in [-0.3, -0.25) is 19.3 Å². The molecule has 7 heteroatoms. The van der Waals surface area contributed by atoms with Crippen molar-refractivity contribution in [3.8, 4) is 0 Å². The number of carbonyl (C=O) groups is 3. The SMILES string of the molecule is CCC(C)N1C(=O)S/C(=C/c2cn(CC(=O)Nc3ccccc3)c3ccccc23)C1=O. The Kier molecular flexibility index (Phi) is 5.95. The number of hydrogen-bond donors (Lipinski definition) is 1. The van der Waals surface area contributed by atoms with Crippen molar-refractivity contribution in [3.05, 3.63) is 71.3 Å². The Bertz CT molecular complexity index is 1180. The number of imide groups is 1. The van der Waals surface area contributed by atoms with Crippen molar-refractivity contribution in [1.29, 1.82) is 0 Å². The average Bonchev–Trinajstić information content (AvgIpc) is 3.25. The molecule has 0 saturated carbocycles. The maximum absolute atomic E-state index is 12.8. The van der Waals surface area contributed by atoms with Gasteiger partial charge in [0.05, 0.1) is 4.91 Å². The zero-order chi connectivity index (χ0) is 22.0. The molecule has 2 heterocycles. The second kappa shape index (κ2) is 8.81. The van der Waals surface area contributed by atoms with Gasteiger partial charge in [0, 0.05) is 34.4 Å². The molecule has 4 rings (SSSR count). The van der Waals surface area contributed by atoms with E-state index in [1.165, 1.54) is 4.90 Å². The van der Waals surface area contributed by atoms with Gasteiger partial charge in [0.2, 0.25) is 5.91 Å². The molecule has 3 amide bonds. The predicted molar refractivity (Wildman–Crippen MR) is 125 cm³/mol. The lowest BCUT2D eigenvalue weighted by Gasteiger charge is -2.19. The van der Waals surface area contributed by atoms with Crippen molar-refractivity contribution < 1.29 is 14.4 Å². The van der Waals surface area contributed by atoms with Crippen molar-refractivity contribution in [2.24, 2.45) is 0 Å². The Morgan fingerprint density at radius 3 is 2.55 bits per heavy atom. The molecule has 6 nitrogen and oxygen atoms in total. The lowest BCUT2D eigenvalue weighted by atomic mass is 10.1. The Morgan fingerprint density at radius 1 is 1.10 bits per heavy atom. The highest BCUT2D eigenvalue weighted by Gasteiger charge is 2.37. The Labute approximate surface area is 184 Å². The second-order valence-electron chi connectivity index (χ2n) is 7.45. The summed E-state index contributed by atoms with van der Waals surface area (Å²) in [5.41, 5.74) is 2.43. The van der Waals surface area contributed by atoms with E-state index in [1.807, 2.05) is 79.2 Å². The van der Waals surface area contributed by atoms with Crippen LogP contribution in [-0.2, 0) is 16.1 Å². The van der Waals surface area contributed by atoms with Crippen LogP contribution in [0, 0.1) is 0 Å². The number of rotatable bonds is 6. The van der Waals surface area contributed by atoms with E-state index >= 15 is 0 Å². The van der Waals surface area contributed by atoms with Gasteiger partial charge in [0.15, 0.2) is 0 Å². The van der Waals surface area contributed by atoms with Crippen LogP contribution in [0.5, 0.6) is 0 Å². The summed E-state index contributed by atoms with van der Waals surface area (Å²) in [6.07, 6.45) is 4.31. The third kappa shape index (κ3) is 4.27. The first-order valence-electron chi connectivity index (χ1n) is 10.2. The maximum Gasteiger partial charge on any atom is 0.293 e. The summed E-state index contributed by atoms with van der Waals surface area (Å²) in [5, 5.41) is 3.57.